The molecule has 0 atom stereocenters. The number of hydrogen-bond donors (Lipinski definition) is 1. The number of aromatic nitrogens is 3. The second kappa shape index (κ2) is 6.81. The molecular formula is C16H12Cl2N4O. The third kappa shape index (κ3) is 4.09. The van der Waals surface area contributed by atoms with Gasteiger partial charge >= 0.3 is 0 Å². The molecule has 23 heavy (non-hydrogen) atoms. The summed E-state index contributed by atoms with van der Waals surface area (Å²) in [5.41, 5.74) is 2.13. The lowest BCUT2D eigenvalue weighted by Crippen LogP contribution is -2.12. The van der Waals surface area contributed by atoms with Crippen molar-refractivity contribution in [3.8, 4) is 0 Å². The number of nitrogens with zero attached hydrogens (tertiary/aromatic N) is 3. The van der Waals surface area contributed by atoms with Gasteiger partial charge in [-0.05, 0) is 35.9 Å². The maximum absolute atomic E-state index is 12.2. The largest absolute Gasteiger partial charge is 0.322 e. The number of pyridine rings is 1. The third-order valence-corrected chi connectivity index (χ3v) is 3.53. The van der Waals surface area contributed by atoms with E-state index in [0.29, 0.717) is 17.8 Å². The summed E-state index contributed by atoms with van der Waals surface area (Å²) >= 11 is 11.6. The first-order valence-electron chi connectivity index (χ1n) is 6.81. The minimum absolute atomic E-state index is 0.178. The predicted molar refractivity (Wildman–Crippen MR) is 90.0 cm³/mol. The van der Waals surface area contributed by atoms with Crippen LogP contribution < -0.4 is 5.32 Å². The highest BCUT2D eigenvalue weighted by molar-refractivity contribution is 6.33. The maximum atomic E-state index is 12.2. The SMILES string of the molecule is O=C(Nc1ccc(Cn2cccn2)cc1)c1cc(Cl)nc(Cl)c1. The van der Waals surface area contributed by atoms with Crippen LogP contribution in [-0.4, -0.2) is 20.7 Å². The van der Waals surface area contributed by atoms with Crippen LogP contribution in [0.2, 0.25) is 10.3 Å². The van der Waals surface area contributed by atoms with Gasteiger partial charge < -0.3 is 5.32 Å². The lowest BCUT2D eigenvalue weighted by molar-refractivity contribution is 0.102. The zero-order valence-electron chi connectivity index (χ0n) is 11.9. The molecule has 0 bridgehead atoms. The molecule has 0 spiro atoms. The Kier molecular flexibility index (Phi) is 4.60. The number of amides is 1. The smallest absolute Gasteiger partial charge is 0.255 e. The molecule has 0 unspecified atom stereocenters. The van der Waals surface area contributed by atoms with Crippen LogP contribution in [0.25, 0.3) is 0 Å². The Morgan fingerprint density at radius 1 is 1.13 bits per heavy atom. The number of benzene rings is 1. The predicted octanol–water partition coefficient (Wildman–Crippen LogP) is 3.89. The first kappa shape index (κ1) is 15.5. The molecule has 7 heteroatoms. The Morgan fingerprint density at radius 2 is 1.83 bits per heavy atom. The zero-order valence-corrected chi connectivity index (χ0v) is 13.4. The van der Waals surface area contributed by atoms with E-state index >= 15 is 0 Å². The molecule has 0 radical (unpaired) electrons. The van der Waals surface area contributed by atoms with Gasteiger partial charge in [0.15, 0.2) is 0 Å². The summed E-state index contributed by atoms with van der Waals surface area (Å²) < 4.78 is 1.83. The van der Waals surface area contributed by atoms with Crippen molar-refractivity contribution in [1.29, 1.82) is 0 Å². The Morgan fingerprint density at radius 3 is 2.43 bits per heavy atom. The number of carbonyl (C=O) groups excluding carboxylic acids is 1. The first-order valence-corrected chi connectivity index (χ1v) is 7.56. The summed E-state index contributed by atoms with van der Waals surface area (Å²) in [7, 11) is 0. The molecule has 1 N–H and O–H groups in total. The average molecular weight is 347 g/mol. The fourth-order valence-electron chi connectivity index (χ4n) is 2.07. The van der Waals surface area contributed by atoms with Crippen LogP contribution in [0, 0.1) is 0 Å². The zero-order chi connectivity index (χ0) is 16.2. The third-order valence-electron chi connectivity index (χ3n) is 3.14. The van der Waals surface area contributed by atoms with Crippen LogP contribution in [0.1, 0.15) is 15.9 Å². The molecule has 0 fully saturated rings. The fraction of sp³-hybridized carbons (Fsp3) is 0.0625. The van der Waals surface area contributed by atoms with Crippen molar-refractivity contribution in [1.82, 2.24) is 14.8 Å². The molecule has 2 aromatic heterocycles. The molecule has 0 aliphatic rings. The summed E-state index contributed by atoms with van der Waals surface area (Å²) in [5.74, 6) is -0.295. The highest BCUT2D eigenvalue weighted by Gasteiger charge is 2.09. The second-order valence-corrected chi connectivity index (χ2v) is 5.63. The molecular weight excluding hydrogens is 335 g/mol. The molecule has 0 saturated heterocycles. The molecule has 0 aliphatic carbocycles. The number of rotatable bonds is 4. The minimum Gasteiger partial charge on any atom is -0.322 e. The van der Waals surface area contributed by atoms with Crippen molar-refractivity contribution in [2.24, 2.45) is 0 Å². The fourth-order valence-corrected chi connectivity index (χ4v) is 2.53. The molecule has 116 valence electrons. The van der Waals surface area contributed by atoms with E-state index in [1.807, 2.05) is 41.2 Å². The molecule has 3 rings (SSSR count). The summed E-state index contributed by atoms with van der Waals surface area (Å²) in [5, 5.41) is 7.30. The maximum Gasteiger partial charge on any atom is 0.255 e. The van der Waals surface area contributed by atoms with Gasteiger partial charge in [-0.1, -0.05) is 35.3 Å². The Labute approximate surface area is 142 Å². The lowest BCUT2D eigenvalue weighted by Gasteiger charge is -2.07. The van der Waals surface area contributed by atoms with E-state index in [1.54, 1.807) is 6.20 Å². The van der Waals surface area contributed by atoms with Crippen molar-refractivity contribution in [3.05, 3.63) is 76.3 Å². The van der Waals surface area contributed by atoms with Crippen molar-refractivity contribution in [2.45, 2.75) is 6.54 Å². The quantitative estimate of drug-likeness (QED) is 0.729. The summed E-state index contributed by atoms with van der Waals surface area (Å²) in [6, 6.07) is 12.3. The normalized spacial score (nSPS) is 10.5. The van der Waals surface area contributed by atoms with Gasteiger partial charge in [-0.3, -0.25) is 9.48 Å². The molecule has 2 heterocycles. The van der Waals surface area contributed by atoms with Crippen LogP contribution in [0.4, 0.5) is 5.69 Å². The standard InChI is InChI=1S/C16H12Cl2N4O/c17-14-8-12(9-15(18)21-14)16(23)20-13-4-2-11(3-5-13)10-22-7-1-6-19-22/h1-9H,10H2,(H,20,23). The lowest BCUT2D eigenvalue weighted by atomic mass is 10.2. The van der Waals surface area contributed by atoms with Gasteiger partial charge in [-0.25, -0.2) is 4.98 Å². The molecule has 1 aromatic carbocycles. The minimum atomic E-state index is -0.295. The van der Waals surface area contributed by atoms with E-state index in [1.165, 1.54) is 12.1 Å². The first-order chi connectivity index (χ1) is 11.1. The number of carbonyl (C=O) groups is 1. The van der Waals surface area contributed by atoms with Crippen LogP contribution >= 0.6 is 23.2 Å². The van der Waals surface area contributed by atoms with Crippen molar-refractivity contribution in [3.63, 3.8) is 0 Å². The Hall–Kier alpha value is -2.37. The van der Waals surface area contributed by atoms with E-state index in [4.69, 9.17) is 23.2 Å². The van der Waals surface area contributed by atoms with Crippen LogP contribution in [0.15, 0.2) is 54.9 Å². The topological polar surface area (TPSA) is 59.8 Å². The van der Waals surface area contributed by atoms with E-state index in [0.717, 1.165) is 5.56 Å². The van der Waals surface area contributed by atoms with Gasteiger partial charge in [0.05, 0.1) is 6.54 Å². The molecule has 0 aliphatic heterocycles. The second-order valence-electron chi connectivity index (χ2n) is 4.86. The van der Waals surface area contributed by atoms with Crippen LogP contribution in [0.3, 0.4) is 0 Å². The van der Waals surface area contributed by atoms with E-state index in [2.05, 4.69) is 15.4 Å². The van der Waals surface area contributed by atoms with E-state index in [9.17, 15) is 4.79 Å². The molecule has 5 nitrogen and oxygen atoms in total. The van der Waals surface area contributed by atoms with Gasteiger partial charge in [-0.15, -0.1) is 0 Å². The van der Waals surface area contributed by atoms with Crippen molar-refractivity contribution < 1.29 is 4.79 Å². The van der Waals surface area contributed by atoms with E-state index in [-0.39, 0.29) is 16.2 Å². The number of nitrogens with one attached hydrogen (secondary N) is 1. The van der Waals surface area contributed by atoms with Gasteiger partial charge in [0, 0.05) is 23.6 Å². The molecule has 1 amide bonds. The van der Waals surface area contributed by atoms with Crippen LogP contribution in [-0.2, 0) is 6.54 Å². The number of halogens is 2. The van der Waals surface area contributed by atoms with Gasteiger partial charge in [0.2, 0.25) is 0 Å². The number of anilines is 1. The molecule has 3 aromatic rings. The van der Waals surface area contributed by atoms with Crippen LogP contribution in [0.5, 0.6) is 0 Å². The highest BCUT2D eigenvalue weighted by Crippen LogP contribution is 2.17. The summed E-state index contributed by atoms with van der Waals surface area (Å²) in [6.45, 7) is 0.677. The number of hydrogen-bond acceptors (Lipinski definition) is 3. The molecule has 0 saturated carbocycles. The van der Waals surface area contributed by atoms with Gasteiger partial charge in [0.25, 0.3) is 5.91 Å². The van der Waals surface area contributed by atoms with Crippen molar-refractivity contribution in [2.75, 3.05) is 5.32 Å². The van der Waals surface area contributed by atoms with Gasteiger partial charge in [-0.2, -0.15) is 5.10 Å². The monoisotopic (exact) mass is 346 g/mol. The highest BCUT2D eigenvalue weighted by atomic mass is 35.5. The Balaban J connectivity index is 1.69. The van der Waals surface area contributed by atoms with E-state index < -0.39 is 0 Å². The van der Waals surface area contributed by atoms with Crippen molar-refractivity contribution >= 4 is 34.8 Å². The average Bonchev–Trinajstić information content (AvgIpc) is 3.01. The summed E-state index contributed by atoms with van der Waals surface area (Å²) in [6.07, 6.45) is 3.63. The van der Waals surface area contributed by atoms with Gasteiger partial charge in [0.1, 0.15) is 10.3 Å². The summed E-state index contributed by atoms with van der Waals surface area (Å²) in [4.78, 5) is 16.0. The Bertz CT molecular complexity index is 796.